The topological polar surface area (TPSA) is 66.6 Å². The number of aromatic nitrogens is 1. The summed E-state index contributed by atoms with van der Waals surface area (Å²) in [6, 6.07) is 14.5. The number of aromatic carboxylic acids is 1. The van der Waals surface area contributed by atoms with E-state index in [2.05, 4.69) is 4.98 Å². The summed E-state index contributed by atoms with van der Waals surface area (Å²) in [5.74, 6) is -0.965. The van der Waals surface area contributed by atoms with Crippen LogP contribution >= 0.6 is 0 Å². The zero-order valence-electron chi connectivity index (χ0n) is 14.7. The largest absolute Gasteiger partial charge is 0.476 e. The van der Waals surface area contributed by atoms with Gasteiger partial charge in [-0.15, -0.1) is 0 Å². The van der Waals surface area contributed by atoms with Crippen LogP contribution in [0.3, 0.4) is 0 Å². The molecule has 0 amide bonds. The first-order chi connectivity index (χ1) is 13.3. The summed E-state index contributed by atoms with van der Waals surface area (Å²) in [5, 5.41) is 8.97. The quantitative estimate of drug-likeness (QED) is 0.639. The van der Waals surface area contributed by atoms with Gasteiger partial charge in [-0.1, -0.05) is 42.5 Å². The number of hydrogen-bond donors (Lipinski definition) is 1. The van der Waals surface area contributed by atoms with Crippen LogP contribution < -0.4 is 0 Å². The Kier molecular flexibility index (Phi) is 5.79. The number of benzene rings is 2. The van der Waals surface area contributed by atoms with Crippen LogP contribution in [0.4, 0.5) is 13.2 Å². The van der Waals surface area contributed by atoms with Gasteiger partial charge in [0.25, 0.3) is 0 Å². The molecule has 3 aromatic rings. The molecular weight excluding hydrogens is 373 g/mol. The standard InChI is InChI=1S/C20H17F3N2O3/c21-20(22,23)16-8-6-15(7-9-16)11-25(10-14-4-2-1-3-5-14)12-18-24-17(13-28-18)19(26)27/h1-9,13H,10-12H2,(H,26,27). The average Bonchev–Trinajstić information content (AvgIpc) is 3.11. The van der Waals surface area contributed by atoms with Crippen LogP contribution in [0, 0.1) is 0 Å². The van der Waals surface area contributed by atoms with Gasteiger partial charge in [-0.3, -0.25) is 4.90 Å². The summed E-state index contributed by atoms with van der Waals surface area (Å²) in [5.41, 5.74) is 0.794. The van der Waals surface area contributed by atoms with Gasteiger partial charge in [0.05, 0.1) is 12.1 Å². The molecule has 0 atom stereocenters. The van der Waals surface area contributed by atoms with Gasteiger partial charge in [-0.2, -0.15) is 13.2 Å². The van der Waals surface area contributed by atoms with E-state index in [1.54, 1.807) is 0 Å². The van der Waals surface area contributed by atoms with Crippen molar-refractivity contribution in [2.24, 2.45) is 0 Å². The van der Waals surface area contributed by atoms with Gasteiger partial charge in [0.1, 0.15) is 6.26 Å². The average molecular weight is 390 g/mol. The normalized spacial score (nSPS) is 11.7. The van der Waals surface area contributed by atoms with Gasteiger partial charge in [-0.25, -0.2) is 9.78 Å². The van der Waals surface area contributed by atoms with E-state index in [-0.39, 0.29) is 18.1 Å². The molecule has 0 bridgehead atoms. The highest BCUT2D eigenvalue weighted by molar-refractivity contribution is 5.84. The summed E-state index contributed by atoms with van der Waals surface area (Å²) < 4.78 is 43.5. The van der Waals surface area contributed by atoms with Crippen LogP contribution in [0.25, 0.3) is 0 Å². The summed E-state index contributed by atoms with van der Waals surface area (Å²) in [6.45, 7) is 1.05. The van der Waals surface area contributed by atoms with E-state index in [0.717, 1.165) is 24.0 Å². The summed E-state index contributed by atoms with van der Waals surface area (Å²) in [4.78, 5) is 16.8. The number of carboxylic acid groups (broad SMARTS) is 1. The molecule has 28 heavy (non-hydrogen) atoms. The van der Waals surface area contributed by atoms with Crippen molar-refractivity contribution in [1.82, 2.24) is 9.88 Å². The number of hydrogen-bond acceptors (Lipinski definition) is 4. The van der Waals surface area contributed by atoms with Crippen molar-refractivity contribution in [3.63, 3.8) is 0 Å². The lowest BCUT2D eigenvalue weighted by Gasteiger charge is -2.21. The number of oxazole rings is 1. The molecule has 0 aliphatic heterocycles. The molecule has 1 N–H and O–H groups in total. The molecule has 146 valence electrons. The van der Waals surface area contributed by atoms with Gasteiger partial charge >= 0.3 is 12.1 Å². The molecule has 2 aromatic carbocycles. The molecule has 1 heterocycles. The smallest absolute Gasteiger partial charge is 0.416 e. The number of carboxylic acids is 1. The molecule has 0 spiro atoms. The number of rotatable bonds is 7. The maximum atomic E-state index is 12.7. The third kappa shape index (κ3) is 5.20. The molecule has 0 fully saturated rings. The van der Waals surface area contributed by atoms with Crippen molar-refractivity contribution in [2.75, 3.05) is 0 Å². The molecule has 0 radical (unpaired) electrons. The van der Waals surface area contributed by atoms with Crippen molar-refractivity contribution in [3.05, 3.63) is 89.1 Å². The predicted molar refractivity (Wildman–Crippen MR) is 94.3 cm³/mol. The molecule has 8 heteroatoms. The van der Waals surface area contributed by atoms with Crippen LogP contribution in [-0.4, -0.2) is 21.0 Å². The first-order valence-corrected chi connectivity index (χ1v) is 8.41. The molecule has 1 aromatic heterocycles. The lowest BCUT2D eigenvalue weighted by atomic mass is 10.1. The second kappa shape index (κ2) is 8.26. The molecule has 0 unspecified atom stereocenters. The Labute approximate surface area is 159 Å². The number of alkyl halides is 3. The highest BCUT2D eigenvalue weighted by atomic mass is 19.4. The van der Waals surface area contributed by atoms with E-state index in [9.17, 15) is 18.0 Å². The highest BCUT2D eigenvalue weighted by Gasteiger charge is 2.30. The van der Waals surface area contributed by atoms with Crippen molar-refractivity contribution < 1.29 is 27.5 Å². The third-order valence-electron chi connectivity index (χ3n) is 4.07. The SMILES string of the molecule is O=C(O)c1coc(CN(Cc2ccccc2)Cc2ccc(C(F)(F)F)cc2)n1. The summed E-state index contributed by atoms with van der Waals surface area (Å²) >= 11 is 0. The number of carbonyl (C=O) groups is 1. The van der Waals surface area contributed by atoms with Gasteiger partial charge < -0.3 is 9.52 Å². The fourth-order valence-corrected chi connectivity index (χ4v) is 2.74. The van der Waals surface area contributed by atoms with E-state index >= 15 is 0 Å². The van der Waals surface area contributed by atoms with E-state index in [4.69, 9.17) is 9.52 Å². The van der Waals surface area contributed by atoms with Crippen molar-refractivity contribution in [2.45, 2.75) is 25.8 Å². The Morgan fingerprint density at radius 3 is 2.11 bits per heavy atom. The maximum Gasteiger partial charge on any atom is 0.416 e. The van der Waals surface area contributed by atoms with Gasteiger partial charge in [-0.05, 0) is 23.3 Å². The molecule has 5 nitrogen and oxygen atoms in total. The molecule has 0 aliphatic rings. The Morgan fingerprint density at radius 2 is 1.57 bits per heavy atom. The molecule has 0 saturated carbocycles. The molecule has 0 aliphatic carbocycles. The second-order valence-corrected chi connectivity index (χ2v) is 6.26. The predicted octanol–water partition coefficient (Wildman–Crippen LogP) is 4.59. The first-order valence-electron chi connectivity index (χ1n) is 8.41. The minimum atomic E-state index is -4.38. The van der Waals surface area contributed by atoms with E-state index in [0.29, 0.717) is 18.7 Å². The second-order valence-electron chi connectivity index (χ2n) is 6.26. The summed E-state index contributed by atoms with van der Waals surface area (Å²) in [7, 11) is 0. The zero-order valence-corrected chi connectivity index (χ0v) is 14.7. The highest BCUT2D eigenvalue weighted by Crippen LogP contribution is 2.29. The first kappa shape index (κ1) is 19.6. The Morgan fingerprint density at radius 1 is 0.964 bits per heavy atom. The molecule has 3 rings (SSSR count). The Hall–Kier alpha value is -3.13. The zero-order chi connectivity index (χ0) is 20.1. The van der Waals surface area contributed by atoms with Gasteiger partial charge in [0.2, 0.25) is 5.89 Å². The third-order valence-corrected chi connectivity index (χ3v) is 4.07. The van der Waals surface area contributed by atoms with Crippen LogP contribution in [0.15, 0.2) is 65.3 Å². The van der Waals surface area contributed by atoms with Crippen molar-refractivity contribution in [1.29, 1.82) is 0 Å². The lowest BCUT2D eigenvalue weighted by molar-refractivity contribution is -0.137. The Balaban J connectivity index is 1.78. The molecular formula is C20H17F3N2O3. The summed E-state index contributed by atoms with van der Waals surface area (Å²) in [6.07, 6.45) is -3.32. The maximum absolute atomic E-state index is 12.7. The van der Waals surface area contributed by atoms with Gasteiger partial charge in [0.15, 0.2) is 5.69 Å². The van der Waals surface area contributed by atoms with E-state index in [1.165, 1.54) is 12.1 Å². The monoisotopic (exact) mass is 390 g/mol. The van der Waals surface area contributed by atoms with E-state index < -0.39 is 17.7 Å². The Bertz CT molecular complexity index is 922. The number of halogens is 3. The van der Waals surface area contributed by atoms with Crippen LogP contribution in [0.1, 0.15) is 33.1 Å². The number of nitrogens with zero attached hydrogens (tertiary/aromatic N) is 2. The fourth-order valence-electron chi connectivity index (χ4n) is 2.74. The van der Waals surface area contributed by atoms with E-state index in [1.807, 2.05) is 35.2 Å². The van der Waals surface area contributed by atoms with Crippen LogP contribution in [0.5, 0.6) is 0 Å². The van der Waals surface area contributed by atoms with Crippen LogP contribution in [0.2, 0.25) is 0 Å². The minimum Gasteiger partial charge on any atom is -0.476 e. The van der Waals surface area contributed by atoms with Crippen LogP contribution in [-0.2, 0) is 25.8 Å². The molecule has 0 saturated heterocycles. The van der Waals surface area contributed by atoms with Crippen molar-refractivity contribution >= 4 is 5.97 Å². The lowest BCUT2D eigenvalue weighted by Crippen LogP contribution is -2.22. The minimum absolute atomic E-state index is 0.191. The van der Waals surface area contributed by atoms with Gasteiger partial charge in [0, 0.05) is 13.1 Å². The fraction of sp³-hybridized carbons (Fsp3) is 0.200. The van der Waals surface area contributed by atoms with Crippen molar-refractivity contribution in [3.8, 4) is 0 Å².